The van der Waals surface area contributed by atoms with E-state index in [1.54, 1.807) is 24.1 Å². The zero-order valence-electron chi connectivity index (χ0n) is 18.5. The van der Waals surface area contributed by atoms with Crippen molar-refractivity contribution in [3.63, 3.8) is 0 Å². The maximum Gasteiger partial charge on any atom is 0.257 e. The number of piperidine rings is 1. The lowest BCUT2D eigenvalue weighted by atomic mass is 9.89. The van der Waals surface area contributed by atoms with E-state index in [9.17, 15) is 9.59 Å². The number of hydrogen-bond acceptors (Lipinski definition) is 4. The quantitative estimate of drug-likeness (QED) is 0.751. The molecule has 2 aromatic rings. The van der Waals surface area contributed by atoms with E-state index in [1.807, 2.05) is 57.0 Å². The van der Waals surface area contributed by atoms with E-state index in [4.69, 9.17) is 9.72 Å². The first kappa shape index (κ1) is 21.8. The summed E-state index contributed by atoms with van der Waals surface area (Å²) in [4.78, 5) is 34.3. The van der Waals surface area contributed by atoms with Crippen molar-refractivity contribution in [3.8, 4) is 5.75 Å². The van der Waals surface area contributed by atoms with Crippen LogP contribution in [0.5, 0.6) is 5.75 Å². The van der Waals surface area contributed by atoms with Gasteiger partial charge in [0.2, 0.25) is 0 Å². The minimum Gasteiger partial charge on any atom is -0.496 e. The van der Waals surface area contributed by atoms with E-state index in [0.717, 1.165) is 24.2 Å². The number of aryl methyl sites for hydroxylation is 1. The van der Waals surface area contributed by atoms with E-state index in [0.29, 0.717) is 30.0 Å². The van der Waals surface area contributed by atoms with Crippen molar-refractivity contribution in [2.24, 2.45) is 0 Å². The molecule has 0 unspecified atom stereocenters. The van der Waals surface area contributed by atoms with Crippen LogP contribution in [-0.2, 0) is 0 Å². The second-order valence-electron chi connectivity index (χ2n) is 8.16. The Morgan fingerprint density at radius 3 is 2.40 bits per heavy atom. The molecule has 1 saturated heterocycles. The third-order valence-corrected chi connectivity index (χ3v) is 5.90. The number of rotatable bonds is 5. The third kappa shape index (κ3) is 4.48. The van der Waals surface area contributed by atoms with E-state index in [2.05, 4.69) is 0 Å². The Bertz CT molecular complexity index is 918. The largest absolute Gasteiger partial charge is 0.496 e. The van der Waals surface area contributed by atoms with Gasteiger partial charge in [-0.3, -0.25) is 14.6 Å². The minimum absolute atomic E-state index is 0.0000258. The van der Waals surface area contributed by atoms with Crippen molar-refractivity contribution >= 4 is 11.8 Å². The first-order valence-corrected chi connectivity index (χ1v) is 10.5. The summed E-state index contributed by atoms with van der Waals surface area (Å²) in [6, 6.07) is 11.2. The molecule has 0 radical (unpaired) electrons. The zero-order chi connectivity index (χ0) is 21.8. The molecular weight excluding hydrogens is 378 g/mol. The van der Waals surface area contributed by atoms with Crippen LogP contribution < -0.4 is 4.74 Å². The number of para-hydroxylation sites is 1. The highest BCUT2D eigenvalue weighted by molar-refractivity contribution is 5.97. The summed E-state index contributed by atoms with van der Waals surface area (Å²) >= 11 is 0. The van der Waals surface area contributed by atoms with Crippen LogP contribution in [0, 0.1) is 6.92 Å². The Kier molecular flexibility index (Phi) is 6.75. The molecule has 0 atom stereocenters. The lowest BCUT2D eigenvalue weighted by molar-refractivity contribution is 0.0700. The fraction of sp³-hybridized carbons (Fsp3) is 0.458. The van der Waals surface area contributed by atoms with Gasteiger partial charge in [0.15, 0.2) is 0 Å². The lowest BCUT2D eigenvalue weighted by Crippen LogP contribution is -2.39. The fourth-order valence-corrected chi connectivity index (χ4v) is 3.84. The first-order chi connectivity index (χ1) is 14.3. The molecular formula is C24H31N3O3. The molecule has 0 bridgehead atoms. The predicted octanol–water partition coefficient (Wildman–Crippen LogP) is 3.90. The van der Waals surface area contributed by atoms with Gasteiger partial charge in [0.1, 0.15) is 5.75 Å². The van der Waals surface area contributed by atoms with Gasteiger partial charge in [0.25, 0.3) is 11.8 Å². The van der Waals surface area contributed by atoms with Gasteiger partial charge in [-0.2, -0.15) is 0 Å². The minimum atomic E-state index is -0.0149. The van der Waals surface area contributed by atoms with E-state index in [1.165, 1.54) is 0 Å². The van der Waals surface area contributed by atoms with Crippen molar-refractivity contribution < 1.29 is 14.3 Å². The smallest absolute Gasteiger partial charge is 0.257 e. The third-order valence-electron chi connectivity index (χ3n) is 5.90. The Morgan fingerprint density at radius 1 is 1.10 bits per heavy atom. The van der Waals surface area contributed by atoms with Gasteiger partial charge in [0, 0.05) is 37.8 Å². The molecule has 3 rings (SSSR count). The van der Waals surface area contributed by atoms with Crippen molar-refractivity contribution in [1.82, 2.24) is 14.8 Å². The number of hydrogen-bond donors (Lipinski definition) is 0. The molecule has 2 heterocycles. The van der Waals surface area contributed by atoms with Gasteiger partial charge >= 0.3 is 0 Å². The fourth-order valence-electron chi connectivity index (χ4n) is 3.84. The summed E-state index contributed by atoms with van der Waals surface area (Å²) in [5.74, 6) is 0.736. The molecule has 0 saturated carbocycles. The van der Waals surface area contributed by atoms with Crippen molar-refractivity contribution in [2.75, 3.05) is 27.2 Å². The summed E-state index contributed by atoms with van der Waals surface area (Å²) in [5, 5.41) is 0. The second-order valence-corrected chi connectivity index (χ2v) is 8.16. The Balaban J connectivity index is 1.77. The number of benzene rings is 1. The zero-order valence-corrected chi connectivity index (χ0v) is 18.5. The summed E-state index contributed by atoms with van der Waals surface area (Å²) < 4.78 is 5.34. The molecule has 2 amide bonds. The number of carbonyl (C=O) groups excluding carboxylic acids is 2. The molecule has 1 aromatic heterocycles. The summed E-state index contributed by atoms with van der Waals surface area (Å²) in [7, 11) is 3.40. The van der Waals surface area contributed by atoms with Crippen LogP contribution in [0.2, 0.25) is 0 Å². The van der Waals surface area contributed by atoms with Gasteiger partial charge in [-0.25, -0.2) is 0 Å². The van der Waals surface area contributed by atoms with Crippen molar-refractivity contribution in [2.45, 2.75) is 45.6 Å². The Hall–Kier alpha value is -2.89. The predicted molar refractivity (Wildman–Crippen MR) is 117 cm³/mol. The average molecular weight is 410 g/mol. The highest BCUT2D eigenvalue weighted by Gasteiger charge is 2.30. The molecule has 6 heteroatoms. The monoisotopic (exact) mass is 409 g/mol. The molecule has 0 spiro atoms. The van der Waals surface area contributed by atoms with E-state index >= 15 is 0 Å². The standard InChI is InChI=1S/C24H31N3O3/c1-16(2)26(4)23(28)20-11-10-17(3)25-22(20)18-12-14-27(15-13-18)24(29)19-8-6-7-9-21(19)30-5/h6-11,16,18H,12-15H2,1-5H3. The van der Waals surface area contributed by atoms with Crippen LogP contribution in [0.3, 0.4) is 0 Å². The van der Waals surface area contributed by atoms with Crippen LogP contribution in [0.1, 0.15) is 64.7 Å². The number of pyridine rings is 1. The molecule has 1 aliphatic heterocycles. The maximum absolute atomic E-state index is 13.0. The number of likely N-dealkylation sites (tertiary alicyclic amines) is 1. The van der Waals surface area contributed by atoms with Gasteiger partial charge < -0.3 is 14.5 Å². The second kappa shape index (κ2) is 9.28. The number of carbonyl (C=O) groups is 2. The van der Waals surface area contributed by atoms with Crippen LogP contribution in [0.4, 0.5) is 0 Å². The molecule has 1 aromatic carbocycles. The lowest BCUT2D eigenvalue weighted by Gasteiger charge is -2.33. The molecule has 6 nitrogen and oxygen atoms in total. The molecule has 0 aliphatic carbocycles. The van der Waals surface area contributed by atoms with Crippen molar-refractivity contribution in [3.05, 3.63) is 58.9 Å². The summed E-state index contributed by atoms with van der Waals surface area (Å²) in [5.41, 5.74) is 3.02. The SMILES string of the molecule is COc1ccccc1C(=O)N1CCC(c2nc(C)ccc2C(=O)N(C)C(C)C)CC1. The van der Waals surface area contributed by atoms with E-state index < -0.39 is 0 Å². The highest BCUT2D eigenvalue weighted by atomic mass is 16.5. The van der Waals surface area contributed by atoms with Gasteiger partial charge in [-0.05, 0) is 57.9 Å². The van der Waals surface area contributed by atoms with Gasteiger partial charge in [-0.1, -0.05) is 12.1 Å². The molecule has 0 N–H and O–H groups in total. The van der Waals surface area contributed by atoms with Crippen LogP contribution >= 0.6 is 0 Å². The average Bonchev–Trinajstić information content (AvgIpc) is 2.77. The number of amides is 2. The van der Waals surface area contributed by atoms with Gasteiger partial charge in [0.05, 0.1) is 23.9 Å². The Labute approximate surface area is 178 Å². The molecule has 30 heavy (non-hydrogen) atoms. The molecule has 160 valence electrons. The summed E-state index contributed by atoms with van der Waals surface area (Å²) in [6.07, 6.45) is 1.56. The first-order valence-electron chi connectivity index (χ1n) is 10.5. The number of methoxy groups -OCH3 is 1. The number of nitrogens with zero attached hydrogens (tertiary/aromatic N) is 3. The van der Waals surface area contributed by atoms with Crippen LogP contribution in [0.15, 0.2) is 36.4 Å². The summed E-state index contributed by atoms with van der Waals surface area (Å²) in [6.45, 7) is 7.21. The molecule has 1 aliphatic rings. The topological polar surface area (TPSA) is 62.7 Å². The number of aromatic nitrogens is 1. The Morgan fingerprint density at radius 2 is 1.77 bits per heavy atom. The van der Waals surface area contributed by atoms with Gasteiger partial charge in [-0.15, -0.1) is 0 Å². The van der Waals surface area contributed by atoms with Crippen LogP contribution in [-0.4, -0.2) is 59.9 Å². The highest BCUT2D eigenvalue weighted by Crippen LogP contribution is 2.31. The molecule has 1 fully saturated rings. The van der Waals surface area contributed by atoms with Crippen LogP contribution in [0.25, 0.3) is 0 Å². The number of ether oxygens (including phenoxy) is 1. The maximum atomic E-state index is 13.0. The normalized spacial score (nSPS) is 14.7. The van der Waals surface area contributed by atoms with E-state index in [-0.39, 0.29) is 23.8 Å². The van der Waals surface area contributed by atoms with Crippen molar-refractivity contribution in [1.29, 1.82) is 0 Å².